The molecule has 1 fully saturated rings. The fraction of sp³-hybridized carbons (Fsp3) is 0.308. The summed E-state index contributed by atoms with van der Waals surface area (Å²) >= 11 is 0. The lowest BCUT2D eigenvalue weighted by Gasteiger charge is -2.34. The zero-order valence-corrected chi connectivity index (χ0v) is 19.7. The normalized spacial score (nSPS) is 16.6. The minimum atomic E-state index is -0.481. The van der Waals surface area contributed by atoms with Gasteiger partial charge < -0.3 is 9.84 Å². The monoisotopic (exact) mass is 456 g/mol. The van der Waals surface area contributed by atoms with Crippen molar-refractivity contribution in [3.8, 4) is 17.1 Å². The van der Waals surface area contributed by atoms with Crippen molar-refractivity contribution in [2.75, 3.05) is 13.1 Å². The number of benzene rings is 2. The van der Waals surface area contributed by atoms with Crippen LogP contribution in [0.1, 0.15) is 41.4 Å². The second kappa shape index (κ2) is 9.23. The van der Waals surface area contributed by atoms with Crippen LogP contribution >= 0.6 is 0 Å². The Bertz CT molecular complexity index is 1290. The summed E-state index contributed by atoms with van der Waals surface area (Å²) in [5.74, 6) is 1.000. The highest BCUT2D eigenvalue weighted by Gasteiger charge is 2.36. The van der Waals surface area contributed by atoms with E-state index in [0.717, 1.165) is 34.6 Å². The van der Waals surface area contributed by atoms with Crippen molar-refractivity contribution in [2.45, 2.75) is 39.8 Å². The van der Waals surface area contributed by atoms with Crippen LogP contribution < -0.4 is 5.32 Å². The summed E-state index contributed by atoms with van der Waals surface area (Å²) in [6.45, 7) is 7.71. The lowest BCUT2D eigenvalue weighted by atomic mass is 10.00. The van der Waals surface area contributed by atoms with Crippen LogP contribution in [0.2, 0.25) is 0 Å². The topological polar surface area (TPSA) is 89.1 Å². The Labute approximate surface area is 198 Å². The third-order valence-electron chi connectivity index (χ3n) is 6.36. The number of amides is 1. The molecule has 5 rings (SSSR count). The van der Waals surface area contributed by atoms with E-state index in [-0.39, 0.29) is 5.91 Å². The fourth-order valence-electron chi connectivity index (χ4n) is 4.57. The van der Waals surface area contributed by atoms with E-state index in [0.29, 0.717) is 31.3 Å². The molecule has 3 heterocycles. The molecule has 1 unspecified atom stereocenters. The third-order valence-corrected chi connectivity index (χ3v) is 6.36. The molecule has 1 aliphatic rings. The van der Waals surface area contributed by atoms with Crippen molar-refractivity contribution < 1.29 is 9.32 Å². The first-order valence-corrected chi connectivity index (χ1v) is 11.6. The maximum atomic E-state index is 13.1. The predicted molar refractivity (Wildman–Crippen MR) is 128 cm³/mol. The van der Waals surface area contributed by atoms with Crippen LogP contribution in [0.4, 0.5) is 0 Å². The van der Waals surface area contributed by atoms with E-state index in [1.807, 2.05) is 61.0 Å². The number of carbonyl (C=O) groups excluding carboxylic acids is 1. The number of nitrogens with one attached hydrogen (secondary N) is 1. The van der Waals surface area contributed by atoms with E-state index in [1.165, 1.54) is 5.56 Å². The Balaban J connectivity index is 1.43. The lowest BCUT2D eigenvalue weighted by Crippen LogP contribution is -2.49. The van der Waals surface area contributed by atoms with Gasteiger partial charge in [0, 0.05) is 29.9 Å². The number of piperazine rings is 1. The van der Waals surface area contributed by atoms with Gasteiger partial charge in [-0.25, -0.2) is 4.68 Å². The van der Waals surface area contributed by atoms with Crippen LogP contribution in [0, 0.1) is 13.8 Å². The molecular formula is C26H28N6O2. The van der Waals surface area contributed by atoms with E-state index in [1.54, 1.807) is 0 Å². The van der Waals surface area contributed by atoms with Crippen LogP contribution in [0.15, 0.2) is 59.1 Å². The fourth-order valence-corrected chi connectivity index (χ4v) is 4.57. The smallest absolute Gasteiger partial charge is 0.242 e. The molecule has 174 valence electrons. The minimum absolute atomic E-state index is 0.0417. The maximum absolute atomic E-state index is 13.1. The average Bonchev–Trinajstić information content (AvgIpc) is 3.44. The molecule has 0 saturated carbocycles. The van der Waals surface area contributed by atoms with Crippen molar-refractivity contribution >= 4 is 5.91 Å². The van der Waals surface area contributed by atoms with Gasteiger partial charge in [-0.05, 0) is 38.0 Å². The molecule has 0 radical (unpaired) electrons. The number of aryl methyl sites for hydroxylation is 2. The number of hydrogen-bond donors (Lipinski definition) is 1. The highest BCUT2D eigenvalue weighted by molar-refractivity contribution is 5.84. The molecule has 1 aliphatic heterocycles. The van der Waals surface area contributed by atoms with Crippen LogP contribution in [0.25, 0.3) is 17.1 Å². The summed E-state index contributed by atoms with van der Waals surface area (Å²) in [6, 6.07) is 17.6. The number of aromatic nitrogens is 4. The number of para-hydroxylation sites is 1. The number of nitrogens with zero attached hydrogens (tertiary/aromatic N) is 5. The summed E-state index contributed by atoms with van der Waals surface area (Å²) in [4.78, 5) is 19.8. The van der Waals surface area contributed by atoms with Crippen molar-refractivity contribution in [2.24, 2.45) is 0 Å². The molecule has 34 heavy (non-hydrogen) atoms. The predicted octanol–water partition coefficient (Wildman–Crippen LogP) is 3.77. The Morgan fingerprint density at radius 3 is 2.59 bits per heavy atom. The first kappa shape index (κ1) is 22.0. The zero-order valence-electron chi connectivity index (χ0n) is 19.7. The molecule has 0 bridgehead atoms. The number of hydrogen-bond acceptors (Lipinski definition) is 6. The SMILES string of the molecule is CCc1ccc(-c2noc(CN3CCNC(=O)C3c3c(C)nn(-c4ccccc4)c3C)n2)cc1. The van der Waals surface area contributed by atoms with Crippen LogP contribution in [-0.4, -0.2) is 43.8 Å². The highest BCUT2D eigenvalue weighted by Crippen LogP contribution is 2.31. The van der Waals surface area contributed by atoms with Gasteiger partial charge in [0.2, 0.25) is 17.6 Å². The van der Waals surface area contributed by atoms with Crippen LogP contribution in [-0.2, 0) is 17.8 Å². The van der Waals surface area contributed by atoms with E-state index in [4.69, 9.17) is 9.62 Å². The number of carbonyl (C=O) groups is 1. The van der Waals surface area contributed by atoms with Gasteiger partial charge in [-0.3, -0.25) is 9.69 Å². The molecule has 1 N–H and O–H groups in total. The largest absolute Gasteiger partial charge is 0.353 e. The summed E-state index contributed by atoms with van der Waals surface area (Å²) in [5, 5.41) is 11.9. The Morgan fingerprint density at radius 2 is 1.85 bits per heavy atom. The van der Waals surface area contributed by atoms with E-state index in [9.17, 15) is 4.79 Å². The standard InChI is InChI=1S/C26H28N6O2/c1-4-19-10-12-20(13-11-19)25-28-22(34-30-25)16-31-15-14-27-26(33)24(31)23-17(2)29-32(18(23)3)21-8-6-5-7-9-21/h5-13,24H,4,14-16H2,1-3H3,(H,27,33). The molecule has 1 saturated heterocycles. The van der Waals surface area contributed by atoms with Crippen molar-refractivity contribution in [1.29, 1.82) is 0 Å². The molecule has 0 aliphatic carbocycles. The van der Waals surface area contributed by atoms with Crippen LogP contribution in [0.3, 0.4) is 0 Å². The Kier molecular flexibility index (Phi) is 5.98. The summed E-state index contributed by atoms with van der Waals surface area (Å²) in [6.07, 6.45) is 0.982. The van der Waals surface area contributed by atoms with E-state index in [2.05, 4.69) is 39.4 Å². The second-order valence-electron chi connectivity index (χ2n) is 8.56. The maximum Gasteiger partial charge on any atom is 0.242 e. The quantitative estimate of drug-likeness (QED) is 0.475. The highest BCUT2D eigenvalue weighted by atomic mass is 16.5. The van der Waals surface area contributed by atoms with Gasteiger partial charge in [0.1, 0.15) is 6.04 Å². The van der Waals surface area contributed by atoms with Crippen molar-refractivity contribution in [1.82, 2.24) is 30.1 Å². The average molecular weight is 457 g/mol. The Hall–Kier alpha value is -3.78. The lowest BCUT2D eigenvalue weighted by molar-refractivity contribution is -0.129. The summed E-state index contributed by atoms with van der Waals surface area (Å²) < 4.78 is 7.48. The third kappa shape index (κ3) is 4.12. The molecule has 0 spiro atoms. The zero-order chi connectivity index (χ0) is 23.7. The summed E-state index contributed by atoms with van der Waals surface area (Å²) in [5.41, 5.74) is 5.82. The van der Waals surface area contributed by atoms with Gasteiger partial charge in [0.05, 0.1) is 17.9 Å². The molecule has 1 amide bonds. The molecule has 2 aromatic heterocycles. The molecule has 8 nitrogen and oxygen atoms in total. The second-order valence-corrected chi connectivity index (χ2v) is 8.56. The van der Waals surface area contributed by atoms with Gasteiger partial charge >= 0.3 is 0 Å². The van der Waals surface area contributed by atoms with E-state index >= 15 is 0 Å². The van der Waals surface area contributed by atoms with Crippen molar-refractivity contribution in [3.63, 3.8) is 0 Å². The van der Waals surface area contributed by atoms with E-state index < -0.39 is 6.04 Å². The van der Waals surface area contributed by atoms with Gasteiger partial charge in [-0.1, -0.05) is 54.5 Å². The molecule has 4 aromatic rings. The first-order valence-electron chi connectivity index (χ1n) is 11.6. The van der Waals surface area contributed by atoms with Crippen LogP contribution in [0.5, 0.6) is 0 Å². The summed E-state index contributed by atoms with van der Waals surface area (Å²) in [7, 11) is 0. The van der Waals surface area contributed by atoms with Gasteiger partial charge in [-0.15, -0.1) is 0 Å². The molecule has 8 heteroatoms. The van der Waals surface area contributed by atoms with Gasteiger partial charge in [-0.2, -0.15) is 10.1 Å². The van der Waals surface area contributed by atoms with Crippen molar-refractivity contribution in [3.05, 3.63) is 83.0 Å². The van der Waals surface area contributed by atoms with Gasteiger partial charge in [0.15, 0.2) is 0 Å². The minimum Gasteiger partial charge on any atom is -0.353 e. The first-order chi connectivity index (χ1) is 16.5. The molecule has 1 atom stereocenters. The Morgan fingerprint density at radius 1 is 1.09 bits per heavy atom. The molecule has 2 aromatic carbocycles. The molecular weight excluding hydrogens is 428 g/mol. The van der Waals surface area contributed by atoms with Gasteiger partial charge in [0.25, 0.3) is 0 Å². The number of rotatable bonds is 6.